The van der Waals surface area contributed by atoms with E-state index in [2.05, 4.69) is 20.2 Å². The third-order valence-electron chi connectivity index (χ3n) is 3.50. The Morgan fingerprint density at radius 3 is 2.95 bits per heavy atom. The van der Waals surface area contributed by atoms with E-state index in [1.807, 2.05) is 6.07 Å². The minimum absolute atomic E-state index is 0.273. The summed E-state index contributed by atoms with van der Waals surface area (Å²) in [6.45, 7) is 2.89. The van der Waals surface area contributed by atoms with Crippen LogP contribution in [-0.4, -0.2) is 52.2 Å². The molecule has 1 aliphatic heterocycles. The Labute approximate surface area is 115 Å². The first kappa shape index (κ1) is 13.1. The molecule has 1 saturated heterocycles. The fourth-order valence-corrected chi connectivity index (χ4v) is 2.45. The monoisotopic (exact) mass is 278 g/mol. The van der Waals surface area contributed by atoms with E-state index in [1.54, 1.807) is 6.07 Å². The average molecular weight is 278 g/mol. The van der Waals surface area contributed by atoms with Crippen LogP contribution in [-0.2, 0) is 4.74 Å². The number of hydrogen-bond acceptors (Lipinski definition) is 6. The molecule has 1 aliphatic rings. The zero-order valence-electron chi connectivity index (χ0n) is 11.2. The summed E-state index contributed by atoms with van der Waals surface area (Å²) in [7, 11) is 0. The van der Waals surface area contributed by atoms with Gasteiger partial charge in [0, 0.05) is 19.6 Å². The molecule has 0 bridgehead atoms. The second kappa shape index (κ2) is 5.59. The van der Waals surface area contributed by atoms with Gasteiger partial charge in [-0.05, 0) is 25.0 Å². The number of aromatic amines is 1. The Hall–Kier alpha value is -1.93. The maximum atomic E-state index is 11.5. The molecule has 3 rings (SSSR count). The number of ether oxygens (including phenoxy) is 1. The van der Waals surface area contributed by atoms with Crippen molar-refractivity contribution in [3.63, 3.8) is 0 Å². The lowest BCUT2D eigenvalue weighted by Crippen LogP contribution is -2.38. The molecule has 3 N–H and O–H groups in total. The van der Waals surface area contributed by atoms with Crippen LogP contribution in [0.3, 0.4) is 0 Å². The van der Waals surface area contributed by atoms with Crippen molar-refractivity contribution in [3.05, 3.63) is 22.6 Å². The summed E-state index contributed by atoms with van der Waals surface area (Å²) in [5, 5.41) is 10.6. The topological polar surface area (TPSA) is 102 Å². The number of aromatic nitrogens is 4. The molecule has 0 saturated carbocycles. The first-order valence-electron chi connectivity index (χ1n) is 6.79. The number of rotatable bonds is 4. The molecule has 0 radical (unpaired) electrons. The number of piperidine rings is 1. The highest BCUT2D eigenvalue weighted by atomic mass is 16.5. The van der Waals surface area contributed by atoms with Crippen molar-refractivity contribution in [2.45, 2.75) is 18.9 Å². The summed E-state index contributed by atoms with van der Waals surface area (Å²) < 4.78 is 6.94. The number of fused-ring (bicyclic) bond motifs is 1. The Kier molecular flexibility index (Phi) is 3.66. The summed E-state index contributed by atoms with van der Waals surface area (Å²) in [6, 6.07) is 3.67. The molecule has 8 heteroatoms. The van der Waals surface area contributed by atoms with E-state index in [4.69, 9.17) is 10.5 Å². The Bertz CT molecular complexity index is 628. The summed E-state index contributed by atoms with van der Waals surface area (Å²) in [4.78, 5) is 13.7. The summed E-state index contributed by atoms with van der Waals surface area (Å²) in [6.07, 6.45) is 2.16. The molecule has 8 nitrogen and oxygen atoms in total. The van der Waals surface area contributed by atoms with Crippen LogP contribution in [0.1, 0.15) is 12.8 Å². The SMILES string of the molecule is NCCOC1CCN(c2ccc3n[nH]c(=O)n3n2)CC1. The van der Waals surface area contributed by atoms with Gasteiger partial charge in [-0.1, -0.05) is 0 Å². The molecule has 20 heavy (non-hydrogen) atoms. The lowest BCUT2D eigenvalue weighted by atomic mass is 10.1. The van der Waals surface area contributed by atoms with Gasteiger partial charge in [-0.2, -0.15) is 9.61 Å². The van der Waals surface area contributed by atoms with Crippen molar-refractivity contribution in [2.75, 3.05) is 31.1 Å². The van der Waals surface area contributed by atoms with E-state index in [0.717, 1.165) is 31.7 Å². The van der Waals surface area contributed by atoms with Crippen LogP contribution in [0.5, 0.6) is 0 Å². The van der Waals surface area contributed by atoms with E-state index >= 15 is 0 Å². The van der Waals surface area contributed by atoms with Gasteiger partial charge in [-0.25, -0.2) is 9.89 Å². The van der Waals surface area contributed by atoms with Crippen molar-refractivity contribution in [1.29, 1.82) is 0 Å². The lowest BCUT2D eigenvalue weighted by molar-refractivity contribution is 0.0421. The van der Waals surface area contributed by atoms with E-state index in [-0.39, 0.29) is 11.8 Å². The van der Waals surface area contributed by atoms with E-state index < -0.39 is 0 Å². The Morgan fingerprint density at radius 1 is 1.40 bits per heavy atom. The van der Waals surface area contributed by atoms with Gasteiger partial charge in [0.25, 0.3) is 0 Å². The van der Waals surface area contributed by atoms with Crippen molar-refractivity contribution in [2.24, 2.45) is 5.73 Å². The number of hydrogen-bond donors (Lipinski definition) is 2. The maximum Gasteiger partial charge on any atom is 0.364 e. The second-order valence-corrected chi connectivity index (χ2v) is 4.84. The molecule has 0 atom stereocenters. The number of nitrogens with zero attached hydrogens (tertiary/aromatic N) is 4. The lowest BCUT2D eigenvalue weighted by Gasteiger charge is -2.32. The smallest absolute Gasteiger partial charge is 0.364 e. The number of H-pyrrole nitrogens is 1. The van der Waals surface area contributed by atoms with Crippen molar-refractivity contribution in [3.8, 4) is 0 Å². The van der Waals surface area contributed by atoms with Crippen LogP contribution >= 0.6 is 0 Å². The molecular formula is C12H18N6O2. The van der Waals surface area contributed by atoms with Crippen molar-refractivity contribution < 1.29 is 4.74 Å². The Morgan fingerprint density at radius 2 is 2.20 bits per heavy atom. The van der Waals surface area contributed by atoms with Gasteiger partial charge in [0.1, 0.15) is 5.82 Å². The average Bonchev–Trinajstić information content (AvgIpc) is 2.87. The van der Waals surface area contributed by atoms with Gasteiger partial charge < -0.3 is 15.4 Å². The van der Waals surface area contributed by atoms with Gasteiger partial charge in [0.2, 0.25) is 0 Å². The molecule has 1 fully saturated rings. The van der Waals surface area contributed by atoms with Gasteiger partial charge in [0.05, 0.1) is 12.7 Å². The van der Waals surface area contributed by atoms with Crippen LogP contribution in [0.25, 0.3) is 5.65 Å². The molecule has 0 aromatic carbocycles. The standard InChI is InChI=1S/C12H18N6O2/c13-5-8-20-9-3-6-17(7-4-9)11-2-1-10-14-15-12(19)18(10)16-11/h1-2,9H,3-8,13H2,(H,15,19). The predicted molar refractivity (Wildman–Crippen MR) is 73.8 cm³/mol. The first-order chi connectivity index (χ1) is 9.78. The van der Waals surface area contributed by atoms with E-state index in [0.29, 0.717) is 18.8 Å². The van der Waals surface area contributed by atoms with Crippen LogP contribution in [0.4, 0.5) is 5.82 Å². The Balaban J connectivity index is 1.70. The highest BCUT2D eigenvalue weighted by Crippen LogP contribution is 2.19. The van der Waals surface area contributed by atoms with Crippen LogP contribution in [0.2, 0.25) is 0 Å². The second-order valence-electron chi connectivity index (χ2n) is 4.84. The quantitative estimate of drug-likeness (QED) is 0.771. The van der Waals surface area contributed by atoms with Crippen LogP contribution < -0.4 is 16.3 Å². The first-order valence-corrected chi connectivity index (χ1v) is 6.79. The molecule has 0 aliphatic carbocycles. The predicted octanol–water partition coefficient (Wildman–Crippen LogP) is -0.638. The van der Waals surface area contributed by atoms with Crippen molar-refractivity contribution in [1.82, 2.24) is 19.8 Å². The van der Waals surface area contributed by atoms with E-state index in [1.165, 1.54) is 4.52 Å². The highest BCUT2D eigenvalue weighted by Gasteiger charge is 2.21. The molecule has 3 heterocycles. The molecule has 108 valence electrons. The molecule has 2 aromatic rings. The number of nitrogens with one attached hydrogen (secondary N) is 1. The number of anilines is 1. The molecule has 0 unspecified atom stereocenters. The zero-order valence-corrected chi connectivity index (χ0v) is 11.2. The maximum absolute atomic E-state index is 11.5. The van der Waals surface area contributed by atoms with Gasteiger partial charge in [-0.15, -0.1) is 5.10 Å². The largest absolute Gasteiger partial charge is 0.377 e. The van der Waals surface area contributed by atoms with Crippen molar-refractivity contribution >= 4 is 11.5 Å². The van der Waals surface area contributed by atoms with Crippen LogP contribution in [0.15, 0.2) is 16.9 Å². The fraction of sp³-hybridized carbons (Fsp3) is 0.583. The fourth-order valence-electron chi connectivity index (χ4n) is 2.45. The third-order valence-corrected chi connectivity index (χ3v) is 3.50. The minimum atomic E-state index is -0.317. The normalized spacial score (nSPS) is 16.9. The van der Waals surface area contributed by atoms with Gasteiger partial charge in [-0.3, -0.25) is 0 Å². The highest BCUT2D eigenvalue weighted by molar-refractivity contribution is 5.45. The summed E-state index contributed by atoms with van der Waals surface area (Å²) in [5.74, 6) is 0.790. The zero-order chi connectivity index (χ0) is 13.9. The van der Waals surface area contributed by atoms with Gasteiger partial charge in [0.15, 0.2) is 5.65 Å². The molecular weight excluding hydrogens is 260 g/mol. The van der Waals surface area contributed by atoms with Gasteiger partial charge >= 0.3 is 5.69 Å². The van der Waals surface area contributed by atoms with Crippen LogP contribution in [0, 0.1) is 0 Å². The third kappa shape index (κ3) is 2.52. The summed E-state index contributed by atoms with van der Waals surface area (Å²) in [5.41, 5.74) is 5.65. The minimum Gasteiger partial charge on any atom is -0.377 e. The number of nitrogens with two attached hydrogens (primary N) is 1. The molecule has 0 spiro atoms. The molecule has 2 aromatic heterocycles. The van der Waals surface area contributed by atoms with E-state index in [9.17, 15) is 4.79 Å². The summed E-state index contributed by atoms with van der Waals surface area (Å²) >= 11 is 0. The molecule has 0 amide bonds.